The summed E-state index contributed by atoms with van der Waals surface area (Å²) in [5.74, 6) is -1.20. The maximum Gasteiger partial charge on any atom is 0.341 e. The van der Waals surface area contributed by atoms with Crippen LogP contribution < -0.4 is 0 Å². The number of ether oxygens (including phenoxy) is 1. The Morgan fingerprint density at radius 2 is 2.08 bits per heavy atom. The standard InChI is InChI=1S/C8H12O4/c1-5(9)4-12-8(11)6(2)7(3)10/h5,9H,2,4H2,1,3H3. The Labute approximate surface area is 70.8 Å². The predicted molar refractivity (Wildman–Crippen MR) is 42.5 cm³/mol. The third-order valence-corrected chi connectivity index (χ3v) is 1.13. The molecule has 1 N–H and O–H groups in total. The van der Waals surface area contributed by atoms with Gasteiger partial charge in [-0.3, -0.25) is 4.79 Å². The van der Waals surface area contributed by atoms with Crippen LogP contribution in [0.2, 0.25) is 0 Å². The Bertz CT molecular complexity index is 205. The number of esters is 1. The lowest BCUT2D eigenvalue weighted by molar-refractivity contribution is -0.142. The van der Waals surface area contributed by atoms with Crippen molar-refractivity contribution in [1.82, 2.24) is 0 Å². The van der Waals surface area contributed by atoms with Gasteiger partial charge in [-0.25, -0.2) is 4.79 Å². The number of rotatable bonds is 4. The van der Waals surface area contributed by atoms with E-state index in [1.165, 1.54) is 13.8 Å². The molecule has 0 aromatic carbocycles. The van der Waals surface area contributed by atoms with Gasteiger partial charge in [-0.2, -0.15) is 0 Å². The summed E-state index contributed by atoms with van der Waals surface area (Å²) >= 11 is 0. The first-order valence-corrected chi connectivity index (χ1v) is 3.50. The highest BCUT2D eigenvalue weighted by molar-refractivity contribution is 6.15. The smallest absolute Gasteiger partial charge is 0.341 e. The average molecular weight is 172 g/mol. The van der Waals surface area contributed by atoms with Crippen molar-refractivity contribution >= 4 is 11.8 Å². The molecule has 0 heterocycles. The Morgan fingerprint density at radius 3 is 2.42 bits per heavy atom. The van der Waals surface area contributed by atoms with E-state index < -0.39 is 17.9 Å². The molecular formula is C8H12O4. The van der Waals surface area contributed by atoms with E-state index in [2.05, 4.69) is 11.3 Å². The number of ketones is 1. The van der Waals surface area contributed by atoms with Crippen LogP contribution in [0.25, 0.3) is 0 Å². The number of hydrogen-bond acceptors (Lipinski definition) is 4. The maximum absolute atomic E-state index is 10.8. The Balaban J connectivity index is 3.89. The van der Waals surface area contributed by atoms with Crippen LogP contribution in [-0.2, 0) is 14.3 Å². The van der Waals surface area contributed by atoms with E-state index in [-0.39, 0.29) is 12.2 Å². The lowest BCUT2D eigenvalue weighted by Crippen LogP contribution is -2.18. The van der Waals surface area contributed by atoms with E-state index in [9.17, 15) is 9.59 Å². The molecule has 1 atom stereocenters. The lowest BCUT2D eigenvalue weighted by atomic mass is 10.2. The predicted octanol–water partition coefficient (Wildman–Crippen LogP) is 0.0556. The quantitative estimate of drug-likeness (QED) is 0.282. The zero-order valence-corrected chi connectivity index (χ0v) is 7.16. The first-order valence-electron chi connectivity index (χ1n) is 3.50. The van der Waals surface area contributed by atoms with E-state index in [1.54, 1.807) is 0 Å². The fraction of sp³-hybridized carbons (Fsp3) is 0.500. The molecule has 0 aliphatic carbocycles. The van der Waals surface area contributed by atoms with Crippen LogP contribution in [0.3, 0.4) is 0 Å². The van der Waals surface area contributed by atoms with Crippen molar-refractivity contribution in [3.63, 3.8) is 0 Å². The van der Waals surface area contributed by atoms with Gasteiger partial charge in [0.25, 0.3) is 0 Å². The fourth-order valence-electron chi connectivity index (χ4n) is 0.427. The van der Waals surface area contributed by atoms with Gasteiger partial charge in [0.1, 0.15) is 6.61 Å². The minimum atomic E-state index is -0.775. The molecule has 0 spiro atoms. The second kappa shape index (κ2) is 4.66. The monoisotopic (exact) mass is 172 g/mol. The van der Waals surface area contributed by atoms with Crippen molar-refractivity contribution in [2.45, 2.75) is 20.0 Å². The van der Waals surface area contributed by atoms with Gasteiger partial charge >= 0.3 is 5.97 Å². The van der Waals surface area contributed by atoms with Gasteiger partial charge in [0.05, 0.1) is 11.7 Å². The molecule has 4 nitrogen and oxygen atoms in total. The summed E-state index contributed by atoms with van der Waals surface area (Å²) in [4.78, 5) is 21.4. The molecule has 0 aliphatic heterocycles. The molecule has 0 rings (SSSR count). The largest absolute Gasteiger partial charge is 0.459 e. The summed E-state index contributed by atoms with van der Waals surface area (Å²) in [7, 11) is 0. The SMILES string of the molecule is C=C(C(C)=O)C(=O)OCC(C)O. The first-order chi connectivity index (χ1) is 5.45. The van der Waals surface area contributed by atoms with Crippen molar-refractivity contribution in [3.05, 3.63) is 12.2 Å². The minimum Gasteiger partial charge on any atom is -0.459 e. The molecule has 0 saturated heterocycles. The van der Waals surface area contributed by atoms with Gasteiger partial charge in [-0.05, 0) is 13.8 Å². The molecule has 4 heteroatoms. The minimum absolute atomic E-state index is 0.120. The van der Waals surface area contributed by atoms with E-state index in [4.69, 9.17) is 5.11 Å². The number of Topliss-reactive ketones (excluding diaryl/α,β-unsaturated/α-hetero) is 1. The fourth-order valence-corrected chi connectivity index (χ4v) is 0.427. The van der Waals surface area contributed by atoms with Crippen LogP contribution in [0, 0.1) is 0 Å². The molecule has 1 unspecified atom stereocenters. The van der Waals surface area contributed by atoms with Crippen LogP contribution in [0.1, 0.15) is 13.8 Å². The van der Waals surface area contributed by atoms with E-state index in [1.807, 2.05) is 0 Å². The van der Waals surface area contributed by atoms with Crippen molar-refractivity contribution in [2.24, 2.45) is 0 Å². The highest BCUT2D eigenvalue weighted by Gasteiger charge is 2.13. The number of aliphatic hydroxyl groups is 1. The van der Waals surface area contributed by atoms with E-state index in [0.29, 0.717) is 0 Å². The second-order valence-electron chi connectivity index (χ2n) is 2.48. The summed E-state index contributed by atoms with van der Waals surface area (Å²) in [6, 6.07) is 0. The van der Waals surface area contributed by atoms with Crippen molar-refractivity contribution in [3.8, 4) is 0 Å². The van der Waals surface area contributed by atoms with Crippen molar-refractivity contribution in [1.29, 1.82) is 0 Å². The van der Waals surface area contributed by atoms with Crippen LogP contribution in [-0.4, -0.2) is 29.6 Å². The zero-order chi connectivity index (χ0) is 9.72. The third kappa shape index (κ3) is 3.88. The molecule has 0 fully saturated rings. The summed E-state index contributed by atoms with van der Waals surface area (Å²) in [5.41, 5.74) is -0.198. The average Bonchev–Trinajstić information content (AvgIpc) is 1.98. The highest BCUT2D eigenvalue weighted by atomic mass is 16.5. The van der Waals surface area contributed by atoms with Crippen LogP contribution in [0.15, 0.2) is 12.2 Å². The first kappa shape index (κ1) is 10.8. The van der Waals surface area contributed by atoms with Gasteiger partial charge in [-0.1, -0.05) is 6.58 Å². The highest BCUT2D eigenvalue weighted by Crippen LogP contribution is 1.96. The van der Waals surface area contributed by atoms with Crippen LogP contribution in [0.4, 0.5) is 0 Å². The number of carbonyl (C=O) groups excluding carboxylic acids is 2. The molecule has 0 radical (unpaired) electrons. The number of carbonyl (C=O) groups is 2. The molecular weight excluding hydrogens is 160 g/mol. The normalized spacial score (nSPS) is 11.9. The molecule has 0 amide bonds. The van der Waals surface area contributed by atoms with Crippen molar-refractivity contribution < 1.29 is 19.4 Å². The van der Waals surface area contributed by atoms with Gasteiger partial charge in [0, 0.05) is 0 Å². The second-order valence-corrected chi connectivity index (χ2v) is 2.48. The Hall–Kier alpha value is -1.16. The van der Waals surface area contributed by atoms with Crippen molar-refractivity contribution in [2.75, 3.05) is 6.61 Å². The maximum atomic E-state index is 10.8. The topological polar surface area (TPSA) is 63.6 Å². The van der Waals surface area contributed by atoms with Gasteiger partial charge < -0.3 is 9.84 Å². The third-order valence-electron chi connectivity index (χ3n) is 1.13. The summed E-state index contributed by atoms with van der Waals surface area (Å²) in [6.07, 6.45) is -0.728. The summed E-state index contributed by atoms with van der Waals surface area (Å²) in [6.45, 7) is 5.81. The number of aliphatic hydroxyl groups excluding tert-OH is 1. The van der Waals surface area contributed by atoms with Crippen LogP contribution >= 0.6 is 0 Å². The molecule has 12 heavy (non-hydrogen) atoms. The molecule has 0 aliphatic rings. The van der Waals surface area contributed by atoms with Crippen LogP contribution in [0.5, 0.6) is 0 Å². The number of hydrogen-bond donors (Lipinski definition) is 1. The van der Waals surface area contributed by atoms with E-state index >= 15 is 0 Å². The Kier molecular flexibility index (Phi) is 4.21. The van der Waals surface area contributed by atoms with Gasteiger partial charge in [-0.15, -0.1) is 0 Å². The lowest BCUT2D eigenvalue weighted by Gasteiger charge is -2.05. The summed E-state index contributed by atoms with van der Waals surface area (Å²) < 4.78 is 4.52. The van der Waals surface area contributed by atoms with E-state index in [0.717, 1.165) is 0 Å². The summed E-state index contributed by atoms with van der Waals surface area (Å²) in [5, 5.41) is 8.73. The zero-order valence-electron chi connectivity index (χ0n) is 7.16. The van der Waals surface area contributed by atoms with Gasteiger partial charge in [0.15, 0.2) is 5.78 Å². The molecule has 0 saturated carbocycles. The molecule has 0 aromatic rings. The molecule has 0 bridgehead atoms. The van der Waals surface area contributed by atoms with Gasteiger partial charge in [0.2, 0.25) is 0 Å². The molecule has 68 valence electrons. The molecule has 0 aromatic heterocycles. The Morgan fingerprint density at radius 1 is 1.58 bits per heavy atom.